The molecule has 150 valence electrons. The van der Waals surface area contributed by atoms with Crippen LogP contribution in [0, 0.1) is 12.7 Å². The molecule has 0 spiro atoms. The van der Waals surface area contributed by atoms with Crippen molar-refractivity contribution in [3.05, 3.63) is 89.3 Å². The van der Waals surface area contributed by atoms with Crippen LogP contribution in [-0.4, -0.2) is 33.4 Å². The Morgan fingerprint density at radius 1 is 1.10 bits per heavy atom. The Balaban J connectivity index is 1.40. The third-order valence-corrected chi connectivity index (χ3v) is 5.72. The minimum Gasteiger partial charge on any atom is -0.342 e. The molecule has 5 heteroatoms. The van der Waals surface area contributed by atoms with E-state index in [9.17, 15) is 9.18 Å². The normalized spacial score (nSPS) is 16.3. The van der Waals surface area contributed by atoms with Crippen LogP contribution in [0.15, 0.2) is 60.8 Å². The smallest absolute Gasteiger partial charge is 0.222 e. The van der Waals surface area contributed by atoms with Gasteiger partial charge in [0.05, 0.1) is 0 Å². The first-order valence-corrected chi connectivity index (χ1v) is 10.2. The van der Waals surface area contributed by atoms with E-state index in [0.717, 1.165) is 36.5 Å². The number of hydrogen-bond acceptors (Lipinski definition) is 2. The van der Waals surface area contributed by atoms with Gasteiger partial charge >= 0.3 is 0 Å². The molecule has 29 heavy (non-hydrogen) atoms. The van der Waals surface area contributed by atoms with E-state index in [0.29, 0.717) is 19.5 Å². The number of amides is 1. The van der Waals surface area contributed by atoms with Gasteiger partial charge in [-0.2, -0.15) is 0 Å². The predicted octanol–water partition coefficient (Wildman–Crippen LogP) is 4.33. The molecule has 0 aliphatic carbocycles. The minimum absolute atomic E-state index is 0.213. The third kappa shape index (κ3) is 4.56. The average Bonchev–Trinajstić information content (AvgIpc) is 3.36. The first kappa shape index (κ1) is 19.4. The van der Waals surface area contributed by atoms with Gasteiger partial charge < -0.3 is 9.47 Å². The molecule has 2 heterocycles. The van der Waals surface area contributed by atoms with Crippen molar-refractivity contribution in [3.8, 4) is 0 Å². The second-order valence-electron chi connectivity index (χ2n) is 7.78. The van der Waals surface area contributed by atoms with Gasteiger partial charge in [-0.3, -0.25) is 4.79 Å². The van der Waals surface area contributed by atoms with Gasteiger partial charge in [0.1, 0.15) is 11.6 Å². The topological polar surface area (TPSA) is 38.1 Å². The number of likely N-dealkylation sites (tertiary alicyclic amines) is 1. The van der Waals surface area contributed by atoms with Crippen LogP contribution in [0.2, 0.25) is 0 Å². The monoisotopic (exact) mass is 391 g/mol. The maximum Gasteiger partial charge on any atom is 0.222 e. The Kier molecular flexibility index (Phi) is 5.74. The molecule has 4 rings (SSSR count). The van der Waals surface area contributed by atoms with Gasteiger partial charge in [-0.15, -0.1) is 0 Å². The highest BCUT2D eigenvalue weighted by atomic mass is 19.1. The largest absolute Gasteiger partial charge is 0.342 e. The molecular formula is C24H26FN3O. The van der Waals surface area contributed by atoms with Gasteiger partial charge in [-0.05, 0) is 43.0 Å². The highest BCUT2D eigenvalue weighted by molar-refractivity contribution is 5.76. The summed E-state index contributed by atoms with van der Waals surface area (Å²) in [6, 6.07) is 16.7. The fourth-order valence-electron chi connectivity index (χ4n) is 4.04. The van der Waals surface area contributed by atoms with E-state index in [-0.39, 0.29) is 17.6 Å². The molecule has 1 amide bonds. The summed E-state index contributed by atoms with van der Waals surface area (Å²) < 4.78 is 15.4. The van der Waals surface area contributed by atoms with Crippen LogP contribution in [0.3, 0.4) is 0 Å². The van der Waals surface area contributed by atoms with E-state index in [1.54, 1.807) is 0 Å². The number of aromatic nitrogens is 2. The number of carbonyl (C=O) groups excluding carboxylic acids is 1. The Morgan fingerprint density at radius 3 is 2.62 bits per heavy atom. The highest BCUT2D eigenvalue weighted by Gasteiger charge is 2.30. The molecule has 0 radical (unpaired) electrons. The van der Waals surface area contributed by atoms with E-state index in [1.165, 1.54) is 17.7 Å². The number of benzene rings is 2. The van der Waals surface area contributed by atoms with Crippen LogP contribution in [0.25, 0.3) is 0 Å². The van der Waals surface area contributed by atoms with Crippen molar-refractivity contribution in [1.29, 1.82) is 0 Å². The molecule has 2 aromatic carbocycles. The van der Waals surface area contributed by atoms with Gasteiger partial charge in [-0.25, -0.2) is 9.37 Å². The first-order valence-electron chi connectivity index (χ1n) is 10.2. The Hall–Kier alpha value is -2.95. The molecule has 1 atom stereocenters. The van der Waals surface area contributed by atoms with E-state index >= 15 is 0 Å². The Morgan fingerprint density at radius 2 is 1.86 bits per heavy atom. The third-order valence-electron chi connectivity index (χ3n) is 5.72. The summed E-state index contributed by atoms with van der Waals surface area (Å²) in [7, 11) is 0. The zero-order valence-electron chi connectivity index (χ0n) is 16.7. The van der Waals surface area contributed by atoms with Crippen LogP contribution in [0.4, 0.5) is 4.39 Å². The summed E-state index contributed by atoms with van der Waals surface area (Å²) >= 11 is 0. The maximum atomic E-state index is 13.2. The maximum absolute atomic E-state index is 13.2. The summed E-state index contributed by atoms with van der Waals surface area (Å²) in [5.41, 5.74) is 3.32. The summed E-state index contributed by atoms with van der Waals surface area (Å²) in [5.74, 6) is 1.25. The summed E-state index contributed by atoms with van der Waals surface area (Å²) in [6.07, 6.45) is 4.13. The second-order valence-corrected chi connectivity index (χ2v) is 7.78. The van der Waals surface area contributed by atoms with Gasteiger partial charge in [0.2, 0.25) is 5.91 Å². The quantitative estimate of drug-likeness (QED) is 0.627. The SMILES string of the molecule is Cc1cnc(C2CCN(C(=O)CCc3ccccc3)C2)n1Cc1ccc(F)cc1. The standard InChI is InChI=1S/C24H26FN3O/c1-18-15-26-24(28(18)16-20-7-10-22(25)11-8-20)21-13-14-27(17-21)23(29)12-9-19-5-3-2-4-6-19/h2-8,10-11,15,21H,9,12-14,16-17H2,1H3. The van der Waals surface area contributed by atoms with Gasteiger partial charge in [0, 0.05) is 43.9 Å². The molecule has 0 N–H and O–H groups in total. The zero-order chi connectivity index (χ0) is 20.2. The van der Waals surface area contributed by atoms with E-state index < -0.39 is 0 Å². The number of hydrogen-bond donors (Lipinski definition) is 0. The molecule has 0 bridgehead atoms. The summed E-state index contributed by atoms with van der Waals surface area (Å²) in [6.45, 7) is 4.20. The molecule has 1 aliphatic heterocycles. The highest BCUT2D eigenvalue weighted by Crippen LogP contribution is 2.28. The first-order chi connectivity index (χ1) is 14.1. The number of imidazole rings is 1. The van der Waals surface area contributed by atoms with E-state index in [4.69, 9.17) is 0 Å². The predicted molar refractivity (Wildman–Crippen MR) is 111 cm³/mol. The van der Waals surface area contributed by atoms with Crippen LogP contribution in [-0.2, 0) is 17.8 Å². The van der Waals surface area contributed by atoms with Crippen molar-refractivity contribution in [2.45, 2.75) is 38.6 Å². The molecule has 0 saturated carbocycles. The van der Waals surface area contributed by atoms with Crippen molar-refractivity contribution in [3.63, 3.8) is 0 Å². The van der Waals surface area contributed by atoms with Crippen LogP contribution < -0.4 is 0 Å². The van der Waals surface area contributed by atoms with Crippen molar-refractivity contribution in [1.82, 2.24) is 14.5 Å². The average molecular weight is 391 g/mol. The van der Waals surface area contributed by atoms with Crippen molar-refractivity contribution in [2.75, 3.05) is 13.1 Å². The molecule has 1 aromatic heterocycles. The number of nitrogens with zero attached hydrogens (tertiary/aromatic N) is 3. The Labute approximate surface area is 171 Å². The summed E-state index contributed by atoms with van der Waals surface area (Å²) in [4.78, 5) is 19.3. The molecule has 1 unspecified atom stereocenters. The lowest BCUT2D eigenvalue weighted by atomic mass is 10.1. The number of halogens is 1. The number of rotatable bonds is 6. The van der Waals surface area contributed by atoms with E-state index in [2.05, 4.69) is 21.7 Å². The molecule has 1 saturated heterocycles. The van der Waals surface area contributed by atoms with Gasteiger partial charge in [0.15, 0.2) is 0 Å². The summed E-state index contributed by atoms with van der Waals surface area (Å²) in [5, 5.41) is 0. The molecule has 4 nitrogen and oxygen atoms in total. The van der Waals surface area contributed by atoms with Crippen molar-refractivity contribution in [2.24, 2.45) is 0 Å². The van der Waals surface area contributed by atoms with Crippen molar-refractivity contribution >= 4 is 5.91 Å². The minimum atomic E-state index is -0.225. The van der Waals surface area contributed by atoms with Crippen LogP contribution in [0.1, 0.15) is 41.4 Å². The van der Waals surface area contributed by atoms with Crippen LogP contribution in [0.5, 0.6) is 0 Å². The number of aryl methyl sites for hydroxylation is 2. The molecule has 1 aliphatic rings. The lowest BCUT2D eigenvalue weighted by molar-refractivity contribution is -0.130. The molecule has 3 aromatic rings. The van der Waals surface area contributed by atoms with E-state index in [1.807, 2.05) is 48.4 Å². The fraction of sp³-hybridized carbons (Fsp3) is 0.333. The number of carbonyl (C=O) groups is 1. The lowest BCUT2D eigenvalue weighted by Crippen LogP contribution is -2.29. The van der Waals surface area contributed by atoms with Gasteiger partial charge in [0.25, 0.3) is 0 Å². The Bertz CT molecular complexity index is 966. The van der Waals surface area contributed by atoms with Gasteiger partial charge in [-0.1, -0.05) is 42.5 Å². The van der Waals surface area contributed by atoms with Crippen molar-refractivity contribution < 1.29 is 9.18 Å². The molecule has 1 fully saturated rings. The molecular weight excluding hydrogens is 365 g/mol. The lowest BCUT2D eigenvalue weighted by Gasteiger charge is -2.18. The van der Waals surface area contributed by atoms with Crippen LogP contribution >= 0.6 is 0 Å². The second kappa shape index (κ2) is 8.60. The fourth-order valence-corrected chi connectivity index (χ4v) is 4.04. The zero-order valence-corrected chi connectivity index (χ0v) is 16.7.